The zero-order valence-electron chi connectivity index (χ0n) is 28.5. The van der Waals surface area contributed by atoms with E-state index in [1.165, 1.54) is 11.1 Å². The summed E-state index contributed by atoms with van der Waals surface area (Å²) >= 11 is 0. The number of aromatic nitrogens is 8. The molecular formula is C35H44N10O4. The van der Waals surface area contributed by atoms with E-state index in [1.807, 2.05) is 52.0 Å². The van der Waals surface area contributed by atoms with E-state index in [2.05, 4.69) is 59.3 Å². The standard InChI is InChI=1S/C33H38N10O4.C2H6/c1-3-25(2)43-32(44)41(24-38-43)29-6-4-27(5-7-29)39-14-16-40(17-15-39)28-8-10-30(11-9-28)45-20-31-21-46-33(47-31,22-42-36-12-13-37-42)26-18-34-23-35-19-26;1-2/h4-13,18-19,23-25,31H,3,14-17,20-22H2,1-2H3;1-2H3. The van der Waals surface area contributed by atoms with Crippen molar-refractivity contribution in [1.82, 2.24) is 39.3 Å². The van der Waals surface area contributed by atoms with Gasteiger partial charge in [-0.25, -0.2) is 24.0 Å². The van der Waals surface area contributed by atoms with Crippen molar-refractivity contribution in [1.29, 1.82) is 0 Å². The van der Waals surface area contributed by atoms with Crippen molar-refractivity contribution in [2.45, 2.75) is 58.6 Å². The molecule has 0 saturated carbocycles. The molecule has 14 heteroatoms. The van der Waals surface area contributed by atoms with Crippen LogP contribution < -0.4 is 20.2 Å². The minimum absolute atomic E-state index is 0.0686. The zero-order valence-corrected chi connectivity index (χ0v) is 28.5. The lowest BCUT2D eigenvalue weighted by Crippen LogP contribution is -2.46. The monoisotopic (exact) mass is 668 g/mol. The maximum atomic E-state index is 12.8. The molecule has 5 aromatic rings. The molecule has 0 radical (unpaired) electrons. The van der Waals surface area contributed by atoms with E-state index in [-0.39, 0.29) is 24.4 Å². The first-order chi connectivity index (χ1) is 24.0. The summed E-state index contributed by atoms with van der Waals surface area (Å²) in [5.41, 5.74) is 3.70. The third-order valence-electron chi connectivity index (χ3n) is 8.79. The van der Waals surface area contributed by atoms with Crippen LogP contribution in [0.2, 0.25) is 0 Å². The normalized spacial score (nSPS) is 19.7. The molecule has 2 aliphatic rings. The third kappa shape index (κ3) is 7.50. The molecule has 258 valence electrons. The molecule has 2 aromatic carbocycles. The van der Waals surface area contributed by atoms with Crippen LogP contribution in [0.4, 0.5) is 11.4 Å². The SMILES string of the molecule is CC.CCC(C)n1ncn(-c2ccc(N3CCN(c4ccc(OCC5COC(Cn6nccn6)(c6cncnc6)O5)cc4)CC3)cc2)c1=O. The van der Waals surface area contributed by atoms with Crippen LogP contribution in [0.3, 0.4) is 0 Å². The van der Waals surface area contributed by atoms with Crippen LogP contribution in [0.25, 0.3) is 5.69 Å². The molecule has 0 N–H and O–H groups in total. The Balaban J connectivity index is 0.00000205. The molecule has 3 atom stereocenters. The van der Waals surface area contributed by atoms with Gasteiger partial charge in [0.25, 0.3) is 0 Å². The second-order valence-corrected chi connectivity index (χ2v) is 11.8. The van der Waals surface area contributed by atoms with Crippen LogP contribution in [0.15, 0.2) is 90.8 Å². The number of benzene rings is 2. The van der Waals surface area contributed by atoms with Crippen LogP contribution in [-0.4, -0.2) is 84.8 Å². The van der Waals surface area contributed by atoms with Gasteiger partial charge in [0.15, 0.2) is 0 Å². The van der Waals surface area contributed by atoms with Crippen molar-refractivity contribution in [2.24, 2.45) is 0 Å². The molecule has 3 aromatic heterocycles. The Labute approximate surface area is 285 Å². The number of rotatable bonds is 11. The molecule has 0 bridgehead atoms. The predicted octanol–water partition coefficient (Wildman–Crippen LogP) is 4.09. The maximum Gasteiger partial charge on any atom is 0.350 e. The van der Waals surface area contributed by atoms with E-state index < -0.39 is 5.79 Å². The number of ether oxygens (including phenoxy) is 3. The van der Waals surface area contributed by atoms with E-state index >= 15 is 0 Å². The lowest BCUT2D eigenvalue weighted by atomic mass is 10.1. The lowest BCUT2D eigenvalue weighted by Gasteiger charge is -2.37. The van der Waals surface area contributed by atoms with Crippen molar-refractivity contribution in [3.8, 4) is 11.4 Å². The van der Waals surface area contributed by atoms with Gasteiger partial charge < -0.3 is 24.0 Å². The Morgan fingerprint density at radius 3 is 2.08 bits per heavy atom. The molecular weight excluding hydrogens is 624 g/mol. The summed E-state index contributed by atoms with van der Waals surface area (Å²) < 4.78 is 21.8. The van der Waals surface area contributed by atoms with Gasteiger partial charge in [-0.05, 0) is 61.9 Å². The van der Waals surface area contributed by atoms with E-state index in [4.69, 9.17) is 14.2 Å². The molecule has 0 amide bonds. The highest BCUT2D eigenvalue weighted by Gasteiger charge is 2.45. The molecule has 49 heavy (non-hydrogen) atoms. The molecule has 3 unspecified atom stereocenters. The summed E-state index contributed by atoms with van der Waals surface area (Å²) in [5.74, 6) is -0.335. The highest BCUT2D eigenvalue weighted by atomic mass is 16.8. The van der Waals surface area contributed by atoms with Gasteiger partial charge in [0.05, 0.1) is 30.7 Å². The summed E-state index contributed by atoms with van der Waals surface area (Å²) in [7, 11) is 0. The summed E-state index contributed by atoms with van der Waals surface area (Å²) in [5, 5.41) is 12.7. The van der Waals surface area contributed by atoms with Gasteiger partial charge in [0.1, 0.15) is 37.7 Å². The van der Waals surface area contributed by atoms with Crippen LogP contribution >= 0.6 is 0 Å². The highest BCUT2D eigenvalue weighted by molar-refractivity contribution is 5.54. The molecule has 2 saturated heterocycles. The van der Waals surface area contributed by atoms with Crippen molar-refractivity contribution < 1.29 is 14.2 Å². The van der Waals surface area contributed by atoms with Gasteiger partial charge in [0, 0.05) is 55.5 Å². The fourth-order valence-electron chi connectivity index (χ4n) is 5.94. The Morgan fingerprint density at radius 1 is 0.878 bits per heavy atom. The Hall–Kier alpha value is -5.08. The van der Waals surface area contributed by atoms with Crippen molar-refractivity contribution in [3.05, 3.63) is 102 Å². The second kappa shape index (κ2) is 15.4. The predicted molar refractivity (Wildman–Crippen MR) is 185 cm³/mol. The quantitative estimate of drug-likeness (QED) is 0.202. The first kappa shape index (κ1) is 33.8. The van der Waals surface area contributed by atoms with Crippen LogP contribution in [-0.2, 0) is 21.8 Å². The van der Waals surface area contributed by atoms with E-state index in [9.17, 15) is 4.79 Å². The van der Waals surface area contributed by atoms with Crippen molar-refractivity contribution in [2.75, 3.05) is 49.2 Å². The zero-order chi connectivity index (χ0) is 34.2. The van der Waals surface area contributed by atoms with Crippen molar-refractivity contribution in [3.63, 3.8) is 0 Å². The van der Waals surface area contributed by atoms with Gasteiger partial charge in [-0.1, -0.05) is 20.8 Å². The average Bonchev–Trinajstić information content (AvgIpc) is 3.93. The van der Waals surface area contributed by atoms with E-state index in [0.29, 0.717) is 18.8 Å². The highest BCUT2D eigenvalue weighted by Crippen LogP contribution is 2.35. The van der Waals surface area contributed by atoms with Crippen LogP contribution in [0, 0.1) is 0 Å². The first-order valence-electron chi connectivity index (χ1n) is 16.9. The van der Waals surface area contributed by atoms with Crippen LogP contribution in [0.1, 0.15) is 45.7 Å². The Kier molecular flexibility index (Phi) is 10.6. The Morgan fingerprint density at radius 2 is 1.47 bits per heavy atom. The molecule has 0 spiro atoms. The van der Waals surface area contributed by atoms with Gasteiger partial charge in [-0.3, -0.25) is 0 Å². The molecule has 2 aliphatic heterocycles. The average molecular weight is 669 g/mol. The minimum Gasteiger partial charge on any atom is -0.491 e. The van der Waals surface area contributed by atoms with Gasteiger partial charge in [-0.15, -0.1) is 0 Å². The molecule has 5 heterocycles. The van der Waals surface area contributed by atoms with Crippen molar-refractivity contribution >= 4 is 11.4 Å². The number of hydrogen-bond donors (Lipinski definition) is 0. The summed E-state index contributed by atoms with van der Waals surface area (Å²) in [4.78, 5) is 27.3. The fraction of sp³-hybridized carbons (Fsp3) is 0.429. The smallest absolute Gasteiger partial charge is 0.350 e. The van der Waals surface area contributed by atoms with E-state index in [1.54, 1.807) is 40.4 Å². The molecule has 0 aliphatic carbocycles. The second-order valence-electron chi connectivity index (χ2n) is 11.8. The maximum absolute atomic E-state index is 12.8. The van der Waals surface area contributed by atoms with Gasteiger partial charge in [-0.2, -0.15) is 20.1 Å². The number of anilines is 2. The van der Waals surface area contributed by atoms with Crippen LogP contribution in [0.5, 0.6) is 5.75 Å². The summed E-state index contributed by atoms with van der Waals surface area (Å²) in [6, 6.07) is 16.4. The number of piperazine rings is 1. The lowest BCUT2D eigenvalue weighted by molar-refractivity contribution is -0.192. The summed E-state index contributed by atoms with van der Waals surface area (Å²) in [6.45, 7) is 12.6. The first-order valence-corrected chi connectivity index (χ1v) is 16.9. The topological polar surface area (TPSA) is 130 Å². The van der Waals surface area contributed by atoms with E-state index in [0.717, 1.165) is 55.4 Å². The molecule has 7 rings (SSSR count). The third-order valence-corrected chi connectivity index (χ3v) is 8.79. The number of nitrogens with zero attached hydrogens (tertiary/aromatic N) is 10. The largest absolute Gasteiger partial charge is 0.491 e. The molecule has 2 fully saturated rings. The minimum atomic E-state index is -1.10. The van der Waals surface area contributed by atoms with Gasteiger partial charge in [0.2, 0.25) is 5.79 Å². The van der Waals surface area contributed by atoms with Gasteiger partial charge >= 0.3 is 5.69 Å². The fourth-order valence-corrected chi connectivity index (χ4v) is 5.94. The number of hydrogen-bond acceptors (Lipinski definition) is 11. The summed E-state index contributed by atoms with van der Waals surface area (Å²) in [6.07, 6.45) is 10.2. The Bertz CT molecular complexity index is 1790. The molecule has 14 nitrogen and oxygen atoms in total.